The van der Waals surface area contributed by atoms with Gasteiger partial charge in [-0.2, -0.15) is 0 Å². The first-order valence-electron chi connectivity index (χ1n) is 14.3. The fraction of sp³-hybridized carbons (Fsp3) is 0.429. The second-order valence-corrected chi connectivity index (χ2v) is 13.1. The molecule has 3 aromatic rings. The van der Waals surface area contributed by atoms with Gasteiger partial charge in [-0.05, 0) is 75.3 Å². The van der Waals surface area contributed by atoms with E-state index in [4.69, 9.17) is 4.74 Å². The summed E-state index contributed by atoms with van der Waals surface area (Å²) in [5, 5.41) is 16.9. The third-order valence-corrected chi connectivity index (χ3v) is 7.29. The summed E-state index contributed by atoms with van der Waals surface area (Å²) >= 11 is 0. The number of anilines is 1. The number of hydrogen-bond acceptors (Lipinski definition) is 4. The molecule has 0 saturated carbocycles. The predicted octanol–water partition coefficient (Wildman–Crippen LogP) is 7.55. The van der Waals surface area contributed by atoms with Gasteiger partial charge in [0.25, 0.3) is 5.91 Å². The van der Waals surface area contributed by atoms with Crippen LogP contribution in [0.5, 0.6) is 11.5 Å². The lowest BCUT2D eigenvalue weighted by Crippen LogP contribution is -2.37. The van der Waals surface area contributed by atoms with Crippen molar-refractivity contribution >= 4 is 17.5 Å². The minimum absolute atomic E-state index is 0.195. The molecule has 0 bridgehead atoms. The van der Waals surface area contributed by atoms with Crippen LogP contribution in [0.15, 0.2) is 60.7 Å². The average Bonchev–Trinajstić information content (AvgIpc) is 2.90. The van der Waals surface area contributed by atoms with Crippen LogP contribution in [0.4, 0.5) is 5.69 Å². The van der Waals surface area contributed by atoms with Crippen LogP contribution in [0.2, 0.25) is 0 Å². The molecule has 0 aliphatic heterocycles. The molecule has 0 aliphatic rings. The molecule has 0 saturated heterocycles. The number of aryl methyl sites for hydroxylation is 1. The zero-order valence-corrected chi connectivity index (χ0v) is 26.0. The van der Waals surface area contributed by atoms with Crippen molar-refractivity contribution in [2.24, 2.45) is 0 Å². The Morgan fingerprint density at radius 1 is 0.829 bits per heavy atom. The lowest BCUT2D eigenvalue weighted by molar-refractivity contribution is -0.126. The van der Waals surface area contributed by atoms with Crippen molar-refractivity contribution < 1.29 is 19.4 Å². The minimum Gasteiger partial charge on any atom is -0.507 e. The van der Waals surface area contributed by atoms with E-state index < -0.39 is 6.04 Å². The zero-order valence-electron chi connectivity index (χ0n) is 26.0. The Hall–Kier alpha value is -3.80. The summed E-state index contributed by atoms with van der Waals surface area (Å²) in [6, 6.07) is 18.0. The summed E-state index contributed by atoms with van der Waals surface area (Å²) in [5.74, 6) is 0.809. The Balaban J connectivity index is 1.82. The molecule has 0 aromatic heterocycles. The molecule has 0 spiro atoms. The number of phenols is 1. The lowest BCUT2D eigenvalue weighted by Gasteiger charge is -2.28. The van der Waals surface area contributed by atoms with Gasteiger partial charge in [0.15, 0.2) is 0 Å². The first-order valence-corrected chi connectivity index (χ1v) is 14.3. The topological polar surface area (TPSA) is 87.7 Å². The van der Waals surface area contributed by atoms with E-state index in [-0.39, 0.29) is 29.1 Å². The normalized spacial score (nSPS) is 12.6. The predicted molar refractivity (Wildman–Crippen MR) is 167 cm³/mol. The van der Waals surface area contributed by atoms with E-state index in [1.807, 2.05) is 36.4 Å². The largest absolute Gasteiger partial charge is 0.507 e. The van der Waals surface area contributed by atoms with Gasteiger partial charge in [-0.3, -0.25) is 9.59 Å². The van der Waals surface area contributed by atoms with Crippen LogP contribution in [0, 0.1) is 0 Å². The van der Waals surface area contributed by atoms with Crippen LogP contribution >= 0.6 is 0 Å². The molecule has 0 unspecified atom stereocenters. The summed E-state index contributed by atoms with van der Waals surface area (Å²) < 4.78 is 5.27. The zero-order chi connectivity index (χ0) is 30.5. The van der Waals surface area contributed by atoms with E-state index in [0.717, 1.165) is 16.7 Å². The van der Waals surface area contributed by atoms with Gasteiger partial charge >= 0.3 is 0 Å². The Morgan fingerprint density at radius 2 is 1.34 bits per heavy atom. The molecule has 0 heterocycles. The van der Waals surface area contributed by atoms with Crippen molar-refractivity contribution in [2.75, 3.05) is 12.4 Å². The highest BCUT2D eigenvalue weighted by atomic mass is 16.5. The van der Waals surface area contributed by atoms with Crippen molar-refractivity contribution in [3.63, 3.8) is 0 Å². The van der Waals surface area contributed by atoms with Crippen molar-refractivity contribution in [3.8, 4) is 11.5 Å². The Labute approximate surface area is 245 Å². The standard InChI is InChI=1S/C35H46N2O4/c1-22(2)24-11-15-26(16-12-24)36-33(40)31(25-13-17-27(41-9)18-14-25)37-30(38)19-10-23-20-28(34(3,4)5)32(39)29(21-23)35(6,7)8/h11-18,20-22,31,39H,10,19H2,1-9H3,(H,36,40)(H,37,38)/t31-/m0/s1. The van der Waals surface area contributed by atoms with E-state index >= 15 is 0 Å². The van der Waals surface area contributed by atoms with Gasteiger partial charge in [-0.25, -0.2) is 0 Å². The molecule has 6 heteroatoms. The molecule has 220 valence electrons. The molecule has 3 rings (SSSR count). The highest BCUT2D eigenvalue weighted by Crippen LogP contribution is 2.40. The van der Waals surface area contributed by atoms with E-state index in [1.165, 1.54) is 5.56 Å². The smallest absolute Gasteiger partial charge is 0.251 e. The van der Waals surface area contributed by atoms with E-state index in [1.54, 1.807) is 31.4 Å². The maximum absolute atomic E-state index is 13.5. The van der Waals surface area contributed by atoms with Gasteiger partial charge in [0.1, 0.15) is 17.5 Å². The van der Waals surface area contributed by atoms with E-state index in [2.05, 4.69) is 66.0 Å². The summed E-state index contributed by atoms with van der Waals surface area (Å²) in [4.78, 5) is 26.7. The van der Waals surface area contributed by atoms with Crippen LogP contribution < -0.4 is 15.4 Å². The van der Waals surface area contributed by atoms with Crippen molar-refractivity contribution in [3.05, 3.63) is 88.5 Å². The number of rotatable bonds is 9. The highest BCUT2D eigenvalue weighted by Gasteiger charge is 2.27. The number of methoxy groups -OCH3 is 1. The fourth-order valence-corrected chi connectivity index (χ4v) is 4.74. The number of phenolic OH excluding ortho intramolecular Hbond substituents is 1. The Bertz CT molecular complexity index is 1310. The summed E-state index contributed by atoms with van der Waals surface area (Å²) in [7, 11) is 1.58. The van der Waals surface area contributed by atoms with Crippen LogP contribution in [-0.4, -0.2) is 24.0 Å². The number of aromatic hydroxyl groups is 1. The van der Waals surface area contributed by atoms with Crippen LogP contribution in [-0.2, 0) is 26.8 Å². The van der Waals surface area contributed by atoms with E-state index in [9.17, 15) is 14.7 Å². The third-order valence-electron chi connectivity index (χ3n) is 7.29. The summed E-state index contributed by atoms with van der Waals surface area (Å²) in [5.41, 5.74) is 4.69. The molecule has 1 atom stereocenters. The summed E-state index contributed by atoms with van der Waals surface area (Å²) in [6.45, 7) is 16.7. The van der Waals surface area contributed by atoms with E-state index in [0.29, 0.717) is 35.1 Å². The van der Waals surface area contributed by atoms with Gasteiger partial charge < -0.3 is 20.5 Å². The molecule has 3 N–H and O–H groups in total. The van der Waals surface area contributed by atoms with Crippen molar-refractivity contribution in [1.29, 1.82) is 0 Å². The van der Waals surface area contributed by atoms with Crippen LogP contribution in [0.25, 0.3) is 0 Å². The highest BCUT2D eigenvalue weighted by molar-refractivity contribution is 5.98. The number of amides is 2. The third kappa shape index (κ3) is 8.35. The molecule has 0 aliphatic carbocycles. The Kier molecular flexibility index (Phi) is 9.90. The molecule has 2 amide bonds. The molecular formula is C35H46N2O4. The maximum atomic E-state index is 13.5. The SMILES string of the molecule is COc1ccc([C@H](NC(=O)CCc2cc(C(C)(C)C)c(O)c(C(C)(C)C)c2)C(=O)Nc2ccc(C(C)C)cc2)cc1. The fourth-order valence-electron chi connectivity index (χ4n) is 4.74. The van der Waals surface area contributed by atoms with Crippen LogP contribution in [0.3, 0.4) is 0 Å². The molecule has 3 aromatic carbocycles. The van der Waals surface area contributed by atoms with Gasteiger partial charge in [0.05, 0.1) is 7.11 Å². The number of ether oxygens (including phenoxy) is 1. The van der Waals surface area contributed by atoms with Gasteiger partial charge in [-0.15, -0.1) is 0 Å². The Morgan fingerprint density at radius 3 is 1.80 bits per heavy atom. The molecule has 6 nitrogen and oxygen atoms in total. The molecule has 0 radical (unpaired) electrons. The quantitative estimate of drug-likeness (QED) is 0.253. The first kappa shape index (κ1) is 31.7. The molecule has 0 fully saturated rings. The van der Waals surface area contributed by atoms with Gasteiger partial charge in [0, 0.05) is 12.1 Å². The second kappa shape index (κ2) is 12.8. The molecule has 41 heavy (non-hydrogen) atoms. The number of hydrogen-bond donors (Lipinski definition) is 3. The lowest BCUT2D eigenvalue weighted by atomic mass is 9.78. The minimum atomic E-state index is -0.881. The van der Waals surface area contributed by atoms with Gasteiger partial charge in [-0.1, -0.05) is 91.8 Å². The number of nitrogens with one attached hydrogen (secondary N) is 2. The summed E-state index contributed by atoms with van der Waals surface area (Å²) in [6.07, 6.45) is 0.673. The average molecular weight is 559 g/mol. The van der Waals surface area contributed by atoms with Crippen LogP contribution in [0.1, 0.15) is 102 Å². The van der Waals surface area contributed by atoms with Gasteiger partial charge in [0.2, 0.25) is 5.91 Å². The molecular weight excluding hydrogens is 512 g/mol. The monoisotopic (exact) mass is 558 g/mol. The maximum Gasteiger partial charge on any atom is 0.251 e. The van der Waals surface area contributed by atoms with Crippen molar-refractivity contribution in [2.45, 2.75) is 91.0 Å². The number of carbonyl (C=O) groups excluding carboxylic acids is 2. The second-order valence-electron chi connectivity index (χ2n) is 13.1. The van der Waals surface area contributed by atoms with Crippen molar-refractivity contribution in [1.82, 2.24) is 5.32 Å². The number of benzene rings is 3. The first-order chi connectivity index (χ1) is 19.1. The number of carbonyl (C=O) groups is 2.